The first-order valence-corrected chi connectivity index (χ1v) is 11.3. The highest BCUT2D eigenvalue weighted by Gasteiger charge is 2.26. The SMILES string of the molecule is CC1Cc2ccccc2-c2[nH]c3cc4c(cc3c21)[nH]c1c2c(ccc14)/C=C\CC/C=C\2. The Morgan fingerprint density at radius 3 is 2.55 bits per heavy atom. The van der Waals surface area contributed by atoms with Crippen molar-refractivity contribution < 1.29 is 0 Å². The minimum atomic E-state index is 0.508. The Morgan fingerprint density at radius 2 is 1.61 bits per heavy atom. The minimum absolute atomic E-state index is 0.508. The molecule has 0 spiro atoms. The number of rotatable bonds is 0. The number of allylic oxidation sites excluding steroid dienone is 2. The zero-order chi connectivity index (χ0) is 20.5. The smallest absolute Gasteiger partial charge is 0.0544 e. The van der Waals surface area contributed by atoms with E-state index >= 15 is 0 Å². The van der Waals surface area contributed by atoms with Crippen molar-refractivity contribution in [3.8, 4) is 11.3 Å². The summed E-state index contributed by atoms with van der Waals surface area (Å²) in [7, 11) is 0. The molecule has 3 aromatic carbocycles. The average molecular weight is 401 g/mol. The lowest BCUT2D eigenvalue weighted by atomic mass is 9.82. The molecular formula is C29H24N2. The van der Waals surface area contributed by atoms with E-state index in [1.807, 2.05) is 0 Å². The van der Waals surface area contributed by atoms with Crippen LogP contribution in [0.1, 0.15) is 47.9 Å². The molecule has 2 aromatic heterocycles. The average Bonchev–Trinajstić information content (AvgIpc) is 3.30. The number of aromatic amines is 2. The van der Waals surface area contributed by atoms with E-state index in [0.717, 1.165) is 19.3 Å². The summed E-state index contributed by atoms with van der Waals surface area (Å²) in [6, 6.07) is 18.1. The molecule has 1 atom stereocenters. The number of nitrogens with one attached hydrogen (secondary N) is 2. The second-order valence-electron chi connectivity index (χ2n) is 9.12. The van der Waals surface area contributed by atoms with E-state index in [0.29, 0.717) is 5.92 Å². The highest BCUT2D eigenvalue weighted by molar-refractivity contribution is 6.15. The Morgan fingerprint density at radius 1 is 0.806 bits per heavy atom. The molecule has 0 amide bonds. The van der Waals surface area contributed by atoms with E-state index in [1.165, 1.54) is 66.2 Å². The molecule has 2 aliphatic rings. The second kappa shape index (κ2) is 6.24. The summed E-state index contributed by atoms with van der Waals surface area (Å²) in [5.74, 6) is 0.508. The van der Waals surface area contributed by atoms with E-state index in [-0.39, 0.29) is 0 Å². The Bertz CT molecular complexity index is 1570. The molecule has 150 valence electrons. The zero-order valence-electron chi connectivity index (χ0n) is 17.6. The molecule has 2 N–H and O–H groups in total. The monoisotopic (exact) mass is 400 g/mol. The van der Waals surface area contributed by atoms with Crippen LogP contribution < -0.4 is 0 Å². The second-order valence-corrected chi connectivity index (χ2v) is 9.12. The third kappa shape index (κ3) is 2.39. The summed E-state index contributed by atoms with van der Waals surface area (Å²) in [5.41, 5.74) is 11.9. The molecule has 0 saturated heterocycles. The number of benzene rings is 3. The van der Waals surface area contributed by atoms with Crippen molar-refractivity contribution >= 4 is 44.9 Å². The van der Waals surface area contributed by atoms with Crippen molar-refractivity contribution in [1.82, 2.24) is 9.97 Å². The van der Waals surface area contributed by atoms with Gasteiger partial charge in [-0.3, -0.25) is 0 Å². The lowest BCUT2D eigenvalue weighted by molar-refractivity contribution is 0.755. The lowest BCUT2D eigenvalue weighted by Gasteiger charge is -2.22. The van der Waals surface area contributed by atoms with E-state index < -0.39 is 0 Å². The topological polar surface area (TPSA) is 31.6 Å². The molecule has 2 heterocycles. The molecule has 0 fully saturated rings. The van der Waals surface area contributed by atoms with Gasteiger partial charge in [-0.25, -0.2) is 0 Å². The summed E-state index contributed by atoms with van der Waals surface area (Å²) in [6.07, 6.45) is 12.5. The minimum Gasteiger partial charge on any atom is -0.354 e. The van der Waals surface area contributed by atoms with Crippen LogP contribution in [0, 0.1) is 0 Å². The van der Waals surface area contributed by atoms with Gasteiger partial charge in [0.05, 0.1) is 11.2 Å². The fourth-order valence-corrected chi connectivity index (χ4v) is 5.75. The van der Waals surface area contributed by atoms with Crippen LogP contribution in [0.4, 0.5) is 0 Å². The predicted molar refractivity (Wildman–Crippen MR) is 133 cm³/mol. The zero-order valence-corrected chi connectivity index (χ0v) is 17.6. The van der Waals surface area contributed by atoms with Gasteiger partial charge in [0, 0.05) is 38.3 Å². The maximum Gasteiger partial charge on any atom is 0.0544 e. The molecule has 31 heavy (non-hydrogen) atoms. The van der Waals surface area contributed by atoms with Crippen molar-refractivity contribution in [2.45, 2.75) is 32.1 Å². The summed E-state index contributed by atoms with van der Waals surface area (Å²) in [4.78, 5) is 7.57. The molecule has 0 radical (unpaired) electrons. The molecule has 0 saturated carbocycles. The first-order chi connectivity index (χ1) is 15.3. The third-order valence-corrected chi connectivity index (χ3v) is 7.19. The van der Waals surface area contributed by atoms with Gasteiger partial charge in [0.1, 0.15) is 0 Å². The van der Waals surface area contributed by atoms with Crippen molar-refractivity contribution in [2.75, 3.05) is 0 Å². The van der Waals surface area contributed by atoms with E-state index in [9.17, 15) is 0 Å². The Hall–Kier alpha value is -3.52. The fraction of sp³-hybridized carbons (Fsp3) is 0.172. The maximum atomic E-state index is 3.79. The molecule has 2 heteroatoms. The molecule has 2 nitrogen and oxygen atoms in total. The van der Waals surface area contributed by atoms with Gasteiger partial charge in [-0.05, 0) is 54.0 Å². The Balaban J connectivity index is 1.53. The quantitative estimate of drug-likeness (QED) is 0.264. The van der Waals surface area contributed by atoms with Crippen LogP contribution in [-0.4, -0.2) is 9.97 Å². The molecule has 0 aliphatic heterocycles. The highest BCUT2D eigenvalue weighted by Crippen LogP contribution is 2.44. The number of H-pyrrole nitrogens is 2. The van der Waals surface area contributed by atoms with Gasteiger partial charge >= 0.3 is 0 Å². The molecule has 1 unspecified atom stereocenters. The number of hydrogen-bond acceptors (Lipinski definition) is 0. The Labute approximate surface area is 181 Å². The number of fused-ring (bicyclic) bond motifs is 10. The summed E-state index contributed by atoms with van der Waals surface area (Å²) in [5, 5.41) is 3.95. The van der Waals surface area contributed by atoms with Crippen LogP contribution in [0.15, 0.2) is 60.7 Å². The highest BCUT2D eigenvalue weighted by atomic mass is 14.8. The summed E-state index contributed by atoms with van der Waals surface area (Å²) >= 11 is 0. The van der Waals surface area contributed by atoms with Crippen molar-refractivity contribution in [1.29, 1.82) is 0 Å². The van der Waals surface area contributed by atoms with Gasteiger partial charge in [0.15, 0.2) is 0 Å². The van der Waals surface area contributed by atoms with E-state index in [4.69, 9.17) is 0 Å². The van der Waals surface area contributed by atoms with Gasteiger partial charge < -0.3 is 9.97 Å². The molecule has 0 bridgehead atoms. The van der Waals surface area contributed by atoms with E-state index in [1.54, 1.807) is 0 Å². The first kappa shape index (κ1) is 17.2. The number of aromatic nitrogens is 2. The van der Waals surface area contributed by atoms with Crippen LogP contribution >= 0.6 is 0 Å². The van der Waals surface area contributed by atoms with Gasteiger partial charge in [0.25, 0.3) is 0 Å². The normalized spacial score (nSPS) is 19.6. The number of hydrogen-bond donors (Lipinski definition) is 2. The van der Waals surface area contributed by atoms with Crippen LogP contribution in [0.2, 0.25) is 0 Å². The first-order valence-electron chi connectivity index (χ1n) is 11.3. The van der Waals surface area contributed by atoms with Crippen molar-refractivity contribution in [3.05, 3.63) is 82.9 Å². The maximum absolute atomic E-state index is 3.79. The van der Waals surface area contributed by atoms with Crippen LogP contribution in [0.25, 0.3) is 56.1 Å². The fourth-order valence-electron chi connectivity index (χ4n) is 5.75. The molecular weight excluding hydrogens is 376 g/mol. The molecule has 7 rings (SSSR count). The summed E-state index contributed by atoms with van der Waals surface area (Å²) in [6.45, 7) is 2.36. The van der Waals surface area contributed by atoms with Crippen LogP contribution in [-0.2, 0) is 6.42 Å². The summed E-state index contributed by atoms with van der Waals surface area (Å²) < 4.78 is 0. The van der Waals surface area contributed by atoms with Gasteiger partial charge in [-0.1, -0.05) is 67.6 Å². The third-order valence-electron chi connectivity index (χ3n) is 7.19. The lowest BCUT2D eigenvalue weighted by Crippen LogP contribution is -2.07. The van der Waals surface area contributed by atoms with E-state index in [2.05, 4.69) is 89.7 Å². The van der Waals surface area contributed by atoms with Gasteiger partial charge in [-0.2, -0.15) is 0 Å². The Kier molecular flexibility index (Phi) is 3.46. The van der Waals surface area contributed by atoms with Gasteiger partial charge in [-0.15, -0.1) is 0 Å². The van der Waals surface area contributed by atoms with Crippen LogP contribution in [0.3, 0.4) is 0 Å². The molecule has 5 aromatic rings. The van der Waals surface area contributed by atoms with Gasteiger partial charge in [0.2, 0.25) is 0 Å². The predicted octanol–water partition coefficient (Wildman–Crippen LogP) is 7.95. The standard InChI is InChI=1S/C29H24N2/c1-17-14-19-9-6-7-11-21(19)29-27(17)24-16-25-23(15-26(24)31-29)22-13-12-18-8-4-2-3-5-10-20(18)28(22)30-25/h4-13,15-17,30-31H,2-3,14H2,1H3/b8-4-,10-5-. The molecule has 2 aliphatic carbocycles. The van der Waals surface area contributed by atoms with Crippen molar-refractivity contribution in [2.24, 2.45) is 0 Å². The van der Waals surface area contributed by atoms with Crippen molar-refractivity contribution in [3.63, 3.8) is 0 Å². The largest absolute Gasteiger partial charge is 0.354 e. The van der Waals surface area contributed by atoms with Crippen LogP contribution in [0.5, 0.6) is 0 Å².